The number of nitrogens with zero attached hydrogens (tertiary/aromatic N) is 2. The Morgan fingerprint density at radius 2 is 2.50 bits per heavy atom. The Balaban J connectivity index is 2.03. The van der Waals surface area contributed by atoms with Crippen molar-refractivity contribution in [1.29, 1.82) is 0 Å². The molecule has 1 heterocycles. The summed E-state index contributed by atoms with van der Waals surface area (Å²) in [4.78, 5) is 3.93. The standard InChI is InChI=1S/C9H17N3O2/c1-3-13-6-8(2)10-5-4-9-11-7-12-14-9/h7-8,10H,3-6H2,1-2H3. The third-order valence-corrected chi connectivity index (χ3v) is 1.81. The molecule has 0 amide bonds. The van der Waals surface area contributed by atoms with Gasteiger partial charge in [-0.1, -0.05) is 5.16 Å². The van der Waals surface area contributed by atoms with Gasteiger partial charge in [0.15, 0.2) is 6.33 Å². The fraction of sp³-hybridized carbons (Fsp3) is 0.778. The van der Waals surface area contributed by atoms with Gasteiger partial charge in [0.1, 0.15) is 0 Å². The highest BCUT2D eigenvalue weighted by atomic mass is 16.5. The SMILES string of the molecule is CCOCC(C)NCCc1ncno1. The predicted octanol–water partition coefficient (Wildman–Crippen LogP) is 0.627. The van der Waals surface area contributed by atoms with Gasteiger partial charge < -0.3 is 14.6 Å². The lowest BCUT2D eigenvalue weighted by atomic mass is 10.3. The van der Waals surface area contributed by atoms with Gasteiger partial charge in [0.05, 0.1) is 6.61 Å². The maximum absolute atomic E-state index is 5.27. The summed E-state index contributed by atoms with van der Waals surface area (Å²) in [6, 6.07) is 0.359. The van der Waals surface area contributed by atoms with E-state index in [1.807, 2.05) is 6.92 Å². The first-order valence-electron chi connectivity index (χ1n) is 4.89. The van der Waals surface area contributed by atoms with Gasteiger partial charge in [0, 0.05) is 25.6 Å². The molecule has 0 radical (unpaired) electrons. The van der Waals surface area contributed by atoms with Gasteiger partial charge in [-0.2, -0.15) is 4.98 Å². The van der Waals surface area contributed by atoms with E-state index in [-0.39, 0.29) is 0 Å². The summed E-state index contributed by atoms with van der Waals surface area (Å²) in [7, 11) is 0. The third kappa shape index (κ3) is 4.34. The highest BCUT2D eigenvalue weighted by molar-refractivity contribution is 4.75. The second-order valence-corrected chi connectivity index (χ2v) is 3.10. The Hall–Kier alpha value is -0.940. The van der Waals surface area contributed by atoms with Crippen LogP contribution in [0, 0.1) is 0 Å². The predicted molar refractivity (Wildman–Crippen MR) is 52.0 cm³/mol. The van der Waals surface area contributed by atoms with Crippen molar-refractivity contribution in [3.05, 3.63) is 12.2 Å². The van der Waals surface area contributed by atoms with E-state index in [1.54, 1.807) is 0 Å². The molecule has 0 aromatic carbocycles. The van der Waals surface area contributed by atoms with Crippen LogP contribution >= 0.6 is 0 Å². The van der Waals surface area contributed by atoms with E-state index in [1.165, 1.54) is 6.33 Å². The smallest absolute Gasteiger partial charge is 0.227 e. The number of aromatic nitrogens is 2. The van der Waals surface area contributed by atoms with Gasteiger partial charge in [-0.15, -0.1) is 0 Å². The van der Waals surface area contributed by atoms with Crippen LogP contribution in [-0.2, 0) is 11.2 Å². The molecule has 5 nitrogen and oxygen atoms in total. The zero-order chi connectivity index (χ0) is 10.2. The van der Waals surface area contributed by atoms with Crippen molar-refractivity contribution in [1.82, 2.24) is 15.5 Å². The summed E-state index contributed by atoms with van der Waals surface area (Å²) in [5.74, 6) is 0.668. The van der Waals surface area contributed by atoms with E-state index in [4.69, 9.17) is 9.26 Å². The fourth-order valence-corrected chi connectivity index (χ4v) is 1.09. The first-order chi connectivity index (χ1) is 6.83. The number of hydrogen-bond acceptors (Lipinski definition) is 5. The van der Waals surface area contributed by atoms with Gasteiger partial charge in [0.2, 0.25) is 5.89 Å². The lowest BCUT2D eigenvalue weighted by molar-refractivity contribution is 0.127. The Morgan fingerprint density at radius 3 is 3.14 bits per heavy atom. The van der Waals surface area contributed by atoms with Crippen LogP contribution in [0.4, 0.5) is 0 Å². The van der Waals surface area contributed by atoms with Crippen LogP contribution in [0.25, 0.3) is 0 Å². The minimum absolute atomic E-state index is 0.359. The van der Waals surface area contributed by atoms with Gasteiger partial charge >= 0.3 is 0 Å². The zero-order valence-corrected chi connectivity index (χ0v) is 8.69. The van der Waals surface area contributed by atoms with Crippen molar-refractivity contribution in [2.75, 3.05) is 19.8 Å². The number of ether oxygens (including phenoxy) is 1. The molecular weight excluding hydrogens is 182 g/mol. The quantitative estimate of drug-likeness (QED) is 0.697. The van der Waals surface area contributed by atoms with E-state index in [2.05, 4.69) is 22.4 Å². The van der Waals surface area contributed by atoms with Crippen molar-refractivity contribution in [2.45, 2.75) is 26.3 Å². The van der Waals surface area contributed by atoms with Crippen LogP contribution in [0.1, 0.15) is 19.7 Å². The number of nitrogens with one attached hydrogen (secondary N) is 1. The Morgan fingerprint density at radius 1 is 1.64 bits per heavy atom. The highest BCUT2D eigenvalue weighted by Gasteiger charge is 2.02. The summed E-state index contributed by atoms with van der Waals surface area (Å²) < 4.78 is 10.1. The lowest BCUT2D eigenvalue weighted by Gasteiger charge is -2.12. The summed E-state index contributed by atoms with van der Waals surface area (Å²) in [6.07, 6.45) is 2.18. The second-order valence-electron chi connectivity index (χ2n) is 3.10. The lowest BCUT2D eigenvalue weighted by Crippen LogP contribution is -2.32. The van der Waals surface area contributed by atoms with E-state index in [9.17, 15) is 0 Å². The summed E-state index contributed by atoms with van der Waals surface area (Å²) in [5, 5.41) is 6.83. The van der Waals surface area contributed by atoms with Gasteiger partial charge in [0.25, 0.3) is 0 Å². The van der Waals surface area contributed by atoms with E-state index in [0.717, 1.165) is 26.2 Å². The molecule has 14 heavy (non-hydrogen) atoms. The molecule has 0 fully saturated rings. The summed E-state index contributed by atoms with van der Waals surface area (Å²) >= 11 is 0. The topological polar surface area (TPSA) is 60.2 Å². The van der Waals surface area contributed by atoms with Crippen LogP contribution in [-0.4, -0.2) is 35.9 Å². The fourth-order valence-electron chi connectivity index (χ4n) is 1.09. The average molecular weight is 199 g/mol. The van der Waals surface area contributed by atoms with Gasteiger partial charge in [-0.05, 0) is 13.8 Å². The molecule has 80 valence electrons. The van der Waals surface area contributed by atoms with Gasteiger partial charge in [-0.25, -0.2) is 0 Å². The van der Waals surface area contributed by atoms with Crippen LogP contribution in [0.2, 0.25) is 0 Å². The van der Waals surface area contributed by atoms with Crippen LogP contribution in [0.5, 0.6) is 0 Å². The molecule has 1 atom stereocenters. The van der Waals surface area contributed by atoms with Crippen molar-refractivity contribution < 1.29 is 9.26 Å². The number of hydrogen-bond donors (Lipinski definition) is 1. The summed E-state index contributed by atoms with van der Waals surface area (Å²) in [6.45, 7) is 6.40. The number of rotatable bonds is 7. The normalized spacial score (nSPS) is 13.0. The van der Waals surface area contributed by atoms with Crippen LogP contribution < -0.4 is 5.32 Å². The second kappa shape index (κ2) is 6.50. The highest BCUT2D eigenvalue weighted by Crippen LogP contribution is 1.91. The molecular formula is C9H17N3O2. The molecule has 0 bridgehead atoms. The van der Waals surface area contributed by atoms with Crippen molar-refractivity contribution in [3.8, 4) is 0 Å². The van der Waals surface area contributed by atoms with Crippen molar-refractivity contribution >= 4 is 0 Å². The van der Waals surface area contributed by atoms with Crippen molar-refractivity contribution in [2.24, 2.45) is 0 Å². The molecule has 0 aliphatic rings. The minimum Gasteiger partial charge on any atom is -0.380 e. The molecule has 0 spiro atoms. The Bertz CT molecular complexity index is 226. The molecule has 0 saturated carbocycles. The maximum atomic E-state index is 5.27. The maximum Gasteiger partial charge on any atom is 0.227 e. The average Bonchev–Trinajstić information content (AvgIpc) is 2.67. The van der Waals surface area contributed by atoms with Gasteiger partial charge in [-0.3, -0.25) is 0 Å². The first-order valence-corrected chi connectivity index (χ1v) is 4.89. The molecule has 1 aromatic rings. The van der Waals surface area contributed by atoms with Crippen molar-refractivity contribution in [3.63, 3.8) is 0 Å². The molecule has 5 heteroatoms. The van der Waals surface area contributed by atoms with Crippen LogP contribution in [0.15, 0.2) is 10.9 Å². The Labute approximate surface area is 83.8 Å². The molecule has 1 rings (SSSR count). The molecule has 1 unspecified atom stereocenters. The molecule has 1 aromatic heterocycles. The van der Waals surface area contributed by atoms with Crippen LogP contribution in [0.3, 0.4) is 0 Å². The first kappa shape index (κ1) is 11.1. The molecule has 0 saturated heterocycles. The minimum atomic E-state index is 0.359. The molecule has 0 aliphatic carbocycles. The molecule has 1 N–H and O–H groups in total. The zero-order valence-electron chi connectivity index (χ0n) is 8.69. The van der Waals surface area contributed by atoms with E-state index in [0.29, 0.717) is 11.9 Å². The monoisotopic (exact) mass is 199 g/mol. The van der Waals surface area contributed by atoms with E-state index >= 15 is 0 Å². The Kier molecular flexibility index (Phi) is 5.17. The molecule has 0 aliphatic heterocycles. The van der Waals surface area contributed by atoms with E-state index < -0.39 is 0 Å². The third-order valence-electron chi connectivity index (χ3n) is 1.81. The summed E-state index contributed by atoms with van der Waals surface area (Å²) in [5.41, 5.74) is 0. The largest absolute Gasteiger partial charge is 0.380 e.